The Morgan fingerprint density at radius 3 is 2.83 bits per heavy atom. The van der Waals surface area contributed by atoms with E-state index >= 15 is 0 Å². The number of rotatable bonds is 3. The number of hydrogen-bond donors (Lipinski definition) is 0. The third-order valence-electron chi connectivity index (χ3n) is 3.75. The van der Waals surface area contributed by atoms with Crippen molar-refractivity contribution in [3.8, 4) is 5.75 Å². The van der Waals surface area contributed by atoms with Crippen LogP contribution in [0.25, 0.3) is 0 Å². The molecule has 1 fully saturated rings. The third-order valence-corrected chi connectivity index (χ3v) is 3.75. The number of Topliss-reactive ketones (excluding diaryl/α,β-unsaturated/α-hetero) is 1. The molecule has 0 aliphatic heterocycles. The van der Waals surface area contributed by atoms with E-state index in [1.54, 1.807) is 7.11 Å². The van der Waals surface area contributed by atoms with Crippen molar-refractivity contribution in [2.24, 2.45) is 0 Å². The Hall–Kier alpha value is -1.57. The maximum Gasteiger partial charge on any atom is 0.158 e. The van der Waals surface area contributed by atoms with E-state index in [4.69, 9.17) is 4.74 Å². The summed E-state index contributed by atoms with van der Waals surface area (Å²) < 4.78 is 5.45. The Bertz CT molecular complexity index is 474. The largest absolute Gasteiger partial charge is 0.496 e. The molecule has 1 saturated carbocycles. The molecule has 0 aromatic heterocycles. The summed E-state index contributed by atoms with van der Waals surface area (Å²) in [5.74, 6) is 1.52. The van der Waals surface area contributed by atoms with Crippen LogP contribution in [-0.2, 0) is 11.2 Å². The summed E-state index contributed by atoms with van der Waals surface area (Å²) >= 11 is 0. The van der Waals surface area contributed by atoms with Crippen molar-refractivity contribution in [3.63, 3.8) is 0 Å². The van der Waals surface area contributed by atoms with Gasteiger partial charge in [0.1, 0.15) is 5.75 Å². The topological polar surface area (TPSA) is 26.3 Å². The predicted molar refractivity (Wildman–Crippen MR) is 73.1 cm³/mol. The zero-order valence-electron chi connectivity index (χ0n) is 11.2. The standard InChI is InChI=1S/C16H20O2/c1-4-12-5-8-16(18-3)14(10-12)13-6-7-15(17)11(2)9-13/h5,8,10,13H,2,4,6-7,9H2,1,3H3. The van der Waals surface area contributed by atoms with Crippen molar-refractivity contribution in [2.45, 2.75) is 38.5 Å². The molecule has 2 rings (SSSR count). The Morgan fingerprint density at radius 1 is 1.44 bits per heavy atom. The summed E-state index contributed by atoms with van der Waals surface area (Å²) in [6, 6.07) is 6.35. The molecule has 96 valence electrons. The van der Waals surface area contributed by atoms with E-state index in [0.29, 0.717) is 12.3 Å². The molecule has 2 nitrogen and oxygen atoms in total. The highest BCUT2D eigenvalue weighted by Crippen LogP contribution is 2.38. The minimum absolute atomic E-state index is 0.219. The summed E-state index contributed by atoms with van der Waals surface area (Å²) in [4.78, 5) is 11.5. The summed E-state index contributed by atoms with van der Waals surface area (Å²) in [7, 11) is 1.70. The predicted octanol–water partition coefficient (Wildman–Crippen LogP) is 3.65. The van der Waals surface area contributed by atoms with E-state index in [-0.39, 0.29) is 5.78 Å². The van der Waals surface area contributed by atoms with Gasteiger partial charge in [-0.1, -0.05) is 25.6 Å². The van der Waals surface area contributed by atoms with Crippen molar-refractivity contribution in [1.29, 1.82) is 0 Å². The third kappa shape index (κ3) is 2.47. The summed E-state index contributed by atoms with van der Waals surface area (Å²) in [5.41, 5.74) is 3.30. The van der Waals surface area contributed by atoms with Crippen LogP contribution in [0, 0.1) is 0 Å². The molecule has 1 unspecified atom stereocenters. The van der Waals surface area contributed by atoms with E-state index < -0.39 is 0 Å². The molecule has 0 amide bonds. The lowest BCUT2D eigenvalue weighted by Crippen LogP contribution is -2.15. The number of hydrogen-bond acceptors (Lipinski definition) is 2. The number of carbonyl (C=O) groups is 1. The fourth-order valence-electron chi connectivity index (χ4n) is 2.58. The van der Waals surface area contributed by atoms with Crippen LogP contribution in [0.2, 0.25) is 0 Å². The molecule has 1 aromatic carbocycles. The minimum atomic E-state index is 0.219. The van der Waals surface area contributed by atoms with Crippen molar-refractivity contribution >= 4 is 5.78 Å². The monoisotopic (exact) mass is 244 g/mol. The highest BCUT2D eigenvalue weighted by Gasteiger charge is 2.25. The van der Waals surface area contributed by atoms with E-state index in [1.807, 2.05) is 6.07 Å². The first kappa shape index (κ1) is 12.9. The normalized spacial score (nSPS) is 20.0. The number of allylic oxidation sites excluding steroid dienone is 1. The van der Waals surface area contributed by atoms with E-state index in [1.165, 1.54) is 11.1 Å². The molecule has 2 heteroatoms. The highest BCUT2D eigenvalue weighted by atomic mass is 16.5. The Kier molecular flexibility index (Phi) is 3.85. The molecule has 0 bridgehead atoms. The van der Waals surface area contributed by atoms with Gasteiger partial charge >= 0.3 is 0 Å². The summed E-state index contributed by atoms with van der Waals surface area (Å²) in [5, 5.41) is 0. The molecule has 0 radical (unpaired) electrons. The van der Waals surface area contributed by atoms with Gasteiger partial charge in [0.25, 0.3) is 0 Å². The van der Waals surface area contributed by atoms with Crippen LogP contribution in [-0.4, -0.2) is 12.9 Å². The average molecular weight is 244 g/mol. The van der Waals surface area contributed by atoms with E-state index in [9.17, 15) is 4.79 Å². The zero-order valence-corrected chi connectivity index (χ0v) is 11.2. The molecular formula is C16H20O2. The first-order valence-electron chi connectivity index (χ1n) is 6.53. The lowest BCUT2D eigenvalue weighted by atomic mass is 9.80. The van der Waals surface area contributed by atoms with Crippen molar-refractivity contribution in [1.82, 2.24) is 0 Å². The number of aryl methyl sites for hydroxylation is 1. The Balaban J connectivity index is 2.31. The first-order valence-corrected chi connectivity index (χ1v) is 6.53. The van der Waals surface area contributed by atoms with Crippen LogP contribution >= 0.6 is 0 Å². The molecule has 1 aliphatic carbocycles. The molecule has 1 aliphatic rings. The number of benzene rings is 1. The second-order valence-corrected chi connectivity index (χ2v) is 4.90. The fraction of sp³-hybridized carbons (Fsp3) is 0.438. The molecule has 1 aromatic rings. The van der Waals surface area contributed by atoms with Gasteiger partial charge in [0.15, 0.2) is 5.78 Å². The van der Waals surface area contributed by atoms with Crippen LogP contribution in [0.4, 0.5) is 0 Å². The second kappa shape index (κ2) is 5.38. The number of carbonyl (C=O) groups excluding carboxylic acids is 1. The maximum atomic E-state index is 11.5. The number of ketones is 1. The number of methoxy groups -OCH3 is 1. The zero-order chi connectivity index (χ0) is 13.1. The van der Waals surface area contributed by atoms with Crippen LogP contribution < -0.4 is 4.74 Å². The van der Waals surface area contributed by atoms with Crippen molar-refractivity contribution < 1.29 is 9.53 Å². The molecular weight excluding hydrogens is 224 g/mol. The molecule has 0 N–H and O–H groups in total. The molecule has 0 spiro atoms. The molecule has 0 saturated heterocycles. The van der Waals surface area contributed by atoms with Crippen molar-refractivity contribution in [2.75, 3.05) is 7.11 Å². The Morgan fingerprint density at radius 2 is 2.22 bits per heavy atom. The second-order valence-electron chi connectivity index (χ2n) is 4.90. The van der Waals surface area contributed by atoms with Crippen LogP contribution in [0.3, 0.4) is 0 Å². The lowest BCUT2D eigenvalue weighted by molar-refractivity contribution is -0.116. The van der Waals surface area contributed by atoms with Gasteiger partial charge in [-0.15, -0.1) is 0 Å². The first-order chi connectivity index (χ1) is 8.65. The smallest absolute Gasteiger partial charge is 0.158 e. The van der Waals surface area contributed by atoms with Gasteiger partial charge in [0, 0.05) is 6.42 Å². The van der Waals surface area contributed by atoms with Gasteiger partial charge in [0.05, 0.1) is 7.11 Å². The highest BCUT2D eigenvalue weighted by molar-refractivity contribution is 5.95. The number of ether oxygens (including phenoxy) is 1. The quantitative estimate of drug-likeness (QED) is 0.759. The van der Waals surface area contributed by atoms with E-state index in [0.717, 1.165) is 30.6 Å². The SMILES string of the molecule is C=C1CC(c2cc(CC)ccc2OC)CCC1=O. The lowest BCUT2D eigenvalue weighted by Gasteiger charge is -2.25. The molecule has 1 atom stereocenters. The summed E-state index contributed by atoms with van der Waals surface area (Å²) in [6.45, 7) is 6.03. The average Bonchev–Trinajstić information content (AvgIpc) is 2.41. The van der Waals surface area contributed by atoms with Gasteiger partial charge in [-0.25, -0.2) is 0 Å². The van der Waals surface area contributed by atoms with Crippen molar-refractivity contribution in [3.05, 3.63) is 41.5 Å². The minimum Gasteiger partial charge on any atom is -0.496 e. The summed E-state index contributed by atoms with van der Waals surface area (Å²) in [6.07, 6.45) is 3.30. The Labute approximate surface area is 109 Å². The van der Waals surface area contributed by atoms with Gasteiger partial charge in [-0.05, 0) is 47.9 Å². The van der Waals surface area contributed by atoms with Gasteiger partial charge in [-0.3, -0.25) is 4.79 Å². The van der Waals surface area contributed by atoms with Crippen LogP contribution in [0.5, 0.6) is 5.75 Å². The van der Waals surface area contributed by atoms with Crippen LogP contribution in [0.15, 0.2) is 30.4 Å². The molecule has 18 heavy (non-hydrogen) atoms. The van der Waals surface area contributed by atoms with Gasteiger partial charge < -0.3 is 4.74 Å². The van der Waals surface area contributed by atoms with E-state index in [2.05, 4.69) is 25.6 Å². The molecule has 0 heterocycles. The fourth-order valence-corrected chi connectivity index (χ4v) is 2.58. The van der Waals surface area contributed by atoms with Gasteiger partial charge in [-0.2, -0.15) is 0 Å². The van der Waals surface area contributed by atoms with Crippen LogP contribution in [0.1, 0.15) is 43.2 Å². The maximum absolute atomic E-state index is 11.5. The van der Waals surface area contributed by atoms with Gasteiger partial charge in [0.2, 0.25) is 0 Å².